The standard InChI is InChI=1S/C18H25F2N3/c1-2-21-17(23-9-7-18(13-23)5-3-6-18)22-8-4-14-10-15(19)12-16(20)11-14/h10-12H,2-9,13H2,1H3,(H,21,22). The summed E-state index contributed by atoms with van der Waals surface area (Å²) in [5.41, 5.74) is 1.18. The molecular weight excluding hydrogens is 296 g/mol. The number of nitrogens with one attached hydrogen (secondary N) is 1. The molecule has 1 heterocycles. The van der Waals surface area contributed by atoms with Crippen molar-refractivity contribution in [3.63, 3.8) is 0 Å². The number of nitrogens with zero attached hydrogens (tertiary/aromatic N) is 2. The van der Waals surface area contributed by atoms with E-state index in [1.807, 2.05) is 0 Å². The highest BCUT2D eigenvalue weighted by atomic mass is 19.1. The molecule has 23 heavy (non-hydrogen) atoms. The Hall–Kier alpha value is -1.65. The summed E-state index contributed by atoms with van der Waals surface area (Å²) in [6.07, 6.45) is 5.83. The Bertz CT molecular complexity index is 561. The van der Waals surface area contributed by atoms with Crippen molar-refractivity contribution >= 4 is 5.96 Å². The molecule has 5 heteroatoms. The summed E-state index contributed by atoms with van der Waals surface area (Å²) in [7, 11) is 0. The first-order chi connectivity index (χ1) is 11.1. The van der Waals surface area contributed by atoms with Crippen molar-refractivity contribution < 1.29 is 8.78 Å². The van der Waals surface area contributed by atoms with Gasteiger partial charge in [0.15, 0.2) is 5.96 Å². The highest BCUT2D eigenvalue weighted by Gasteiger charge is 2.43. The molecule has 3 rings (SSSR count). The summed E-state index contributed by atoms with van der Waals surface area (Å²) in [5.74, 6) is -0.113. The molecule has 1 aliphatic carbocycles. The van der Waals surface area contributed by atoms with Crippen LogP contribution in [0.1, 0.15) is 38.2 Å². The fourth-order valence-electron chi connectivity index (χ4n) is 3.67. The van der Waals surface area contributed by atoms with Gasteiger partial charge in [0, 0.05) is 32.2 Å². The van der Waals surface area contributed by atoms with Crippen LogP contribution in [0, 0.1) is 17.0 Å². The fourth-order valence-corrected chi connectivity index (χ4v) is 3.67. The summed E-state index contributed by atoms with van der Waals surface area (Å²) < 4.78 is 26.4. The van der Waals surface area contributed by atoms with Gasteiger partial charge in [-0.1, -0.05) is 6.42 Å². The SMILES string of the molecule is CCNC(=NCCc1cc(F)cc(F)c1)N1CCC2(CCC2)C1. The Labute approximate surface area is 136 Å². The van der Waals surface area contributed by atoms with Gasteiger partial charge in [0.05, 0.1) is 0 Å². The van der Waals surface area contributed by atoms with Gasteiger partial charge in [0.1, 0.15) is 11.6 Å². The smallest absolute Gasteiger partial charge is 0.193 e. The summed E-state index contributed by atoms with van der Waals surface area (Å²) in [6.45, 7) is 5.58. The van der Waals surface area contributed by atoms with E-state index in [0.29, 0.717) is 23.9 Å². The van der Waals surface area contributed by atoms with Crippen molar-refractivity contribution in [1.29, 1.82) is 0 Å². The molecular formula is C18H25F2N3. The van der Waals surface area contributed by atoms with E-state index in [4.69, 9.17) is 0 Å². The van der Waals surface area contributed by atoms with Crippen molar-refractivity contribution in [1.82, 2.24) is 10.2 Å². The van der Waals surface area contributed by atoms with E-state index >= 15 is 0 Å². The molecule has 2 fully saturated rings. The third-order valence-corrected chi connectivity index (χ3v) is 5.07. The minimum Gasteiger partial charge on any atom is -0.357 e. The van der Waals surface area contributed by atoms with E-state index < -0.39 is 11.6 Å². The first-order valence-corrected chi connectivity index (χ1v) is 8.58. The lowest BCUT2D eigenvalue weighted by Gasteiger charge is -2.38. The predicted octanol–water partition coefficient (Wildman–Crippen LogP) is 3.35. The number of hydrogen-bond acceptors (Lipinski definition) is 1. The Morgan fingerprint density at radius 3 is 2.52 bits per heavy atom. The lowest BCUT2D eigenvalue weighted by molar-refractivity contribution is 0.151. The third kappa shape index (κ3) is 3.82. The van der Waals surface area contributed by atoms with Gasteiger partial charge in [-0.25, -0.2) is 8.78 Å². The number of halogens is 2. The zero-order valence-corrected chi connectivity index (χ0v) is 13.7. The van der Waals surface area contributed by atoms with Gasteiger partial charge in [0.25, 0.3) is 0 Å². The normalized spacial score (nSPS) is 20.0. The second-order valence-corrected chi connectivity index (χ2v) is 6.79. The summed E-state index contributed by atoms with van der Waals surface area (Å²) in [4.78, 5) is 7.00. The van der Waals surface area contributed by atoms with Crippen LogP contribution in [0.4, 0.5) is 8.78 Å². The molecule has 2 aliphatic rings. The lowest BCUT2D eigenvalue weighted by atomic mass is 9.68. The molecule has 0 atom stereocenters. The molecule has 1 aromatic rings. The van der Waals surface area contributed by atoms with Crippen LogP contribution in [0.3, 0.4) is 0 Å². The largest absolute Gasteiger partial charge is 0.357 e. The molecule has 1 spiro atoms. The number of guanidine groups is 1. The fraction of sp³-hybridized carbons (Fsp3) is 0.611. The zero-order chi connectivity index (χ0) is 16.3. The van der Waals surface area contributed by atoms with Crippen LogP contribution < -0.4 is 5.32 Å². The van der Waals surface area contributed by atoms with Crippen molar-refractivity contribution in [2.45, 2.75) is 39.0 Å². The molecule has 0 bridgehead atoms. The van der Waals surface area contributed by atoms with Crippen molar-refractivity contribution in [2.75, 3.05) is 26.2 Å². The first kappa shape index (κ1) is 16.2. The minimum atomic E-state index is -0.526. The number of likely N-dealkylation sites (tertiary alicyclic amines) is 1. The average molecular weight is 321 g/mol. The van der Waals surface area contributed by atoms with E-state index in [1.54, 1.807) is 0 Å². The molecule has 3 nitrogen and oxygen atoms in total. The molecule has 0 amide bonds. The summed E-state index contributed by atoms with van der Waals surface area (Å²) in [6, 6.07) is 3.66. The van der Waals surface area contributed by atoms with Crippen LogP contribution >= 0.6 is 0 Å². The second-order valence-electron chi connectivity index (χ2n) is 6.79. The highest BCUT2D eigenvalue weighted by molar-refractivity contribution is 5.80. The van der Waals surface area contributed by atoms with Crippen molar-refractivity contribution in [2.24, 2.45) is 10.4 Å². The molecule has 1 N–H and O–H groups in total. The third-order valence-electron chi connectivity index (χ3n) is 5.07. The van der Waals surface area contributed by atoms with Gasteiger partial charge in [-0.05, 0) is 55.7 Å². The monoisotopic (exact) mass is 321 g/mol. The van der Waals surface area contributed by atoms with Gasteiger partial charge in [0.2, 0.25) is 0 Å². The summed E-state index contributed by atoms with van der Waals surface area (Å²) in [5, 5.41) is 3.35. The Morgan fingerprint density at radius 1 is 1.22 bits per heavy atom. The van der Waals surface area contributed by atoms with E-state index in [-0.39, 0.29) is 0 Å². The molecule has 1 saturated carbocycles. The Morgan fingerprint density at radius 2 is 1.96 bits per heavy atom. The Kier molecular flexibility index (Phi) is 4.83. The number of aliphatic imine (C=N–C) groups is 1. The molecule has 1 aromatic carbocycles. The quantitative estimate of drug-likeness (QED) is 0.680. The van der Waals surface area contributed by atoms with Crippen LogP contribution in [0.25, 0.3) is 0 Å². The predicted molar refractivity (Wildman–Crippen MR) is 88.5 cm³/mol. The molecule has 1 aliphatic heterocycles. The number of hydrogen-bond donors (Lipinski definition) is 1. The van der Waals surface area contributed by atoms with Crippen molar-refractivity contribution in [3.8, 4) is 0 Å². The maximum atomic E-state index is 13.2. The lowest BCUT2D eigenvalue weighted by Crippen LogP contribution is -2.42. The minimum absolute atomic E-state index is 0.526. The van der Waals surface area contributed by atoms with Crippen LogP contribution in [0.5, 0.6) is 0 Å². The average Bonchev–Trinajstić information content (AvgIpc) is 2.91. The topological polar surface area (TPSA) is 27.6 Å². The first-order valence-electron chi connectivity index (χ1n) is 8.58. The van der Waals surface area contributed by atoms with E-state index in [2.05, 4.69) is 22.1 Å². The van der Waals surface area contributed by atoms with Gasteiger partial charge >= 0.3 is 0 Å². The number of rotatable bonds is 4. The Balaban J connectivity index is 1.60. The maximum Gasteiger partial charge on any atom is 0.193 e. The molecule has 0 aromatic heterocycles. The van der Waals surface area contributed by atoms with E-state index in [1.165, 1.54) is 37.8 Å². The van der Waals surface area contributed by atoms with Gasteiger partial charge < -0.3 is 10.2 Å². The van der Waals surface area contributed by atoms with Gasteiger partial charge in [-0.15, -0.1) is 0 Å². The molecule has 0 unspecified atom stereocenters. The van der Waals surface area contributed by atoms with Crippen LogP contribution in [-0.4, -0.2) is 37.0 Å². The van der Waals surface area contributed by atoms with Crippen LogP contribution in [0.2, 0.25) is 0 Å². The molecule has 0 radical (unpaired) electrons. The van der Waals surface area contributed by atoms with Gasteiger partial charge in [-0.2, -0.15) is 0 Å². The van der Waals surface area contributed by atoms with E-state index in [9.17, 15) is 8.78 Å². The molecule has 1 saturated heterocycles. The highest BCUT2D eigenvalue weighted by Crippen LogP contribution is 2.47. The number of benzene rings is 1. The summed E-state index contributed by atoms with van der Waals surface area (Å²) >= 11 is 0. The van der Waals surface area contributed by atoms with Crippen LogP contribution in [0.15, 0.2) is 23.2 Å². The maximum absolute atomic E-state index is 13.2. The van der Waals surface area contributed by atoms with Crippen molar-refractivity contribution in [3.05, 3.63) is 35.4 Å². The van der Waals surface area contributed by atoms with Crippen LogP contribution in [-0.2, 0) is 6.42 Å². The van der Waals surface area contributed by atoms with Gasteiger partial charge in [-0.3, -0.25) is 4.99 Å². The zero-order valence-electron chi connectivity index (χ0n) is 13.7. The molecule has 126 valence electrons. The second kappa shape index (κ2) is 6.85. The van der Waals surface area contributed by atoms with E-state index in [0.717, 1.165) is 31.7 Å².